The van der Waals surface area contributed by atoms with E-state index in [4.69, 9.17) is 9.47 Å². The molecule has 2 aromatic rings. The van der Waals surface area contributed by atoms with E-state index in [9.17, 15) is 14.9 Å². The molecule has 3 atom stereocenters. The lowest BCUT2D eigenvalue weighted by Crippen LogP contribution is -2.47. The Morgan fingerprint density at radius 3 is 2.87 bits per heavy atom. The van der Waals surface area contributed by atoms with Crippen LogP contribution >= 0.6 is 0 Å². The Morgan fingerprint density at radius 2 is 2.10 bits per heavy atom. The molecule has 1 saturated carbocycles. The molecule has 1 aromatic carbocycles. The van der Waals surface area contributed by atoms with Gasteiger partial charge in [-0.3, -0.25) is 19.6 Å². The Bertz CT molecular complexity index is 959. The Hall–Kier alpha value is -3.10. The number of hydrogen-bond donors (Lipinski definition) is 0. The van der Waals surface area contributed by atoms with E-state index in [1.807, 2.05) is 23.1 Å². The molecule has 166 valence electrons. The summed E-state index contributed by atoms with van der Waals surface area (Å²) in [7, 11) is 0. The number of nitro groups is 1. The molecule has 9 heteroatoms. The first-order valence-corrected chi connectivity index (χ1v) is 10.8. The SMILES string of the molecule is CC1CCCC(N(Cc2ccc3c(c2)OCO3)C(=O)CCn2cc([N+](=O)[O-])cn2)C1C. The first-order chi connectivity index (χ1) is 14.9. The Labute approximate surface area is 181 Å². The van der Waals surface area contributed by atoms with Crippen LogP contribution in [0, 0.1) is 22.0 Å². The van der Waals surface area contributed by atoms with E-state index in [-0.39, 0.29) is 30.9 Å². The summed E-state index contributed by atoms with van der Waals surface area (Å²) in [5.41, 5.74) is 0.928. The first-order valence-electron chi connectivity index (χ1n) is 10.8. The number of aryl methyl sites for hydroxylation is 1. The first kappa shape index (κ1) is 21.1. The number of fused-ring (bicyclic) bond motifs is 1. The van der Waals surface area contributed by atoms with Gasteiger partial charge in [-0.1, -0.05) is 32.8 Å². The van der Waals surface area contributed by atoms with Gasteiger partial charge in [0.2, 0.25) is 12.7 Å². The minimum atomic E-state index is -0.484. The maximum absolute atomic E-state index is 13.3. The largest absolute Gasteiger partial charge is 0.454 e. The van der Waals surface area contributed by atoms with Crippen molar-refractivity contribution >= 4 is 11.6 Å². The molecule has 2 aliphatic rings. The summed E-state index contributed by atoms with van der Waals surface area (Å²) in [5.74, 6) is 2.42. The van der Waals surface area contributed by atoms with Crippen LogP contribution in [0.5, 0.6) is 11.5 Å². The molecule has 1 aliphatic carbocycles. The molecule has 0 bridgehead atoms. The Kier molecular flexibility index (Phi) is 6.11. The maximum atomic E-state index is 13.3. The molecule has 4 rings (SSSR count). The minimum absolute atomic E-state index is 0.0294. The second-order valence-electron chi connectivity index (χ2n) is 8.51. The molecule has 1 aromatic heterocycles. The highest BCUT2D eigenvalue weighted by atomic mass is 16.7. The van der Waals surface area contributed by atoms with E-state index in [0.717, 1.165) is 24.2 Å². The van der Waals surface area contributed by atoms with Gasteiger partial charge in [0.15, 0.2) is 11.5 Å². The average molecular weight is 428 g/mol. The Morgan fingerprint density at radius 1 is 1.29 bits per heavy atom. The van der Waals surface area contributed by atoms with Crippen LogP contribution in [0.3, 0.4) is 0 Å². The van der Waals surface area contributed by atoms with Crippen molar-refractivity contribution in [1.82, 2.24) is 14.7 Å². The van der Waals surface area contributed by atoms with Crippen LogP contribution in [0.4, 0.5) is 5.69 Å². The third kappa shape index (κ3) is 4.65. The summed E-state index contributed by atoms with van der Waals surface area (Å²) in [6.07, 6.45) is 6.07. The number of amides is 1. The van der Waals surface area contributed by atoms with E-state index in [1.54, 1.807) is 0 Å². The lowest BCUT2D eigenvalue weighted by atomic mass is 9.77. The standard InChI is InChI=1S/C22H28N4O5/c1-15-4-3-5-19(16(15)2)25(12-17-6-7-20-21(10-17)31-14-30-20)22(27)8-9-24-13-18(11-23-24)26(28)29/h6-7,10-11,13,15-16,19H,3-5,8-9,12,14H2,1-2H3. The summed E-state index contributed by atoms with van der Waals surface area (Å²) in [4.78, 5) is 25.7. The van der Waals surface area contributed by atoms with Gasteiger partial charge < -0.3 is 14.4 Å². The number of aromatic nitrogens is 2. The molecule has 9 nitrogen and oxygen atoms in total. The fourth-order valence-electron chi connectivity index (χ4n) is 4.54. The van der Waals surface area contributed by atoms with Gasteiger partial charge in [-0.25, -0.2) is 0 Å². The molecule has 1 amide bonds. The van der Waals surface area contributed by atoms with E-state index in [1.165, 1.54) is 23.5 Å². The lowest BCUT2D eigenvalue weighted by Gasteiger charge is -2.42. The lowest BCUT2D eigenvalue weighted by molar-refractivity contribution is -0.385. The van der Waals surface area contributed by atoms with Crippen molar-refractivity contribution in [2.24, 2.45) is 11.8 Å². The zero-order valence-electron chi connectivity index (χ0n) is 17.9. The van der Waals surface area contributed by atoms with Crippen molar-refractivity contribution in [3.63, 3.8) is 0 Å². The quantitative estimate of drug-likeness (QED) is 0.492. The minimum Gasteiger partial charge on any atom is -0.454 e. The molecule has 0 saturated heterocycles. The van der Waals surface area contributed by atoms with E-state index >= 15 is 0 Å². The van der Waals surface area contributed by atoms with Gasteiger partial charge in [-0.15, -0.1) is 0 Å². The van der Waals surface area contributed by atoms with E-state index in [0.29, 0.717) is 30.7 Å². The molecule has 0 radical (unpaired) electrons. The van der Waals surface area contributed by atoms with Crippen molar-refractivity contribution in [3.8, 4) is 11.5 Å². The summed E-state index contributed by atoms with van der Waals surface area (Å²) in [5, 5.41) is 14.9. The number of rotatable bonds is 7. The normalized spacial score (nSPS) is 22.3. The summed E-state index contributed by atoms with van der Waals surface area (Å²) < 4.78 is 12.4. The predicted molar refractivity (Wildman–Crippen MR) is 113 cm³/mol. The third-order valence-electron chi connectivity index (χ3n) is 6.56. The van der Waals surface area contributed by atoms with Crippen LogP contribution in [0.25, 0.3) is 0 Å². The van der Waals surface area contributed by atoms with Crippen LogP contribution in [0.1, 0.15) is 45.1 Å². The van der Waals surface area contributed by atoms with E-state index < -0.39 is 4.92 Å². The molecule has 31 heavy (non-hydrogen) atoms. The second-order valence-corrected chi connectivity index (χ2v) is 8.51. The molecule has 3 unspecified atom stereocenters. The predicted octanol–water partition coefficient (Wildman–Crippen LogP) is 3.76. The topological polar surface area (TPSA) is 99.7 Å². The number of carbonyl (C=O) groups excluding carboxylic acids is 1. The maximum Gasteiger partial charge on any atom is 0.306 e. The van der Waals surface area contributed by atoms with Crippen LogP contribution in [-0.4, -0.2) is 38.3 Å². The van der Waals surface area contributed by atoms with Crippen molar-refractivity contribution in [1.29, 1.82) is 0 Å². The molecular formula is C22H28N4O5. The van der Waals surface area contributed by atoms with Gasteiger partial charge in [0, 0.05) is 25.6 Å². The summed E-state index contributed by atoms with van der Waals surface area (Å²) in [6, 6.07) is 5.96. The van der Waals surface area contributed by atoms with Crippen LogP contribution in [-0.2, 0) is 17.9 Å². The highest BCUT2D eigenvalue weighted by Crippen LogP contribution is 2.36. The van der Waals surface area contributed by atoms with Gasteiger partial charge in [-0.2, -0.15) is 5.10 Å². The monoisotopic (exact) mass is 428 g/mol. The number of carbonyl (C=O) groups is 1. The summed E-state index contributed by atoms with van der Waals surface area (Å²) in [6.45, 7) is 5.50. The number of benzene rings is 1. The van der Waals surface area contributed by atoms with E-state index in [2.05, 4.69) is 18.9 Å². The van der Waals surface area contributed by atoms with Gasteiger partial charge in [-0.05, 0) is 36.0 Å². The Balaban J connectivity index is 1.50. The number of hydrogen-bond acceptors (Lipinski definition) is 6. The van der Waals surface area contributed by atoms with Crippen molar-refractivity contribution in [2.75, 3.05) is 6.79 Å². The van der Waals surface area contributed by atoms with Crippen molar-refractivity contribution < 1.29 is 19.2 Å². The molecule has 1 aliphatic heterocycles. The molecular weight excluding hydrogens is 400 g/mol. The average Bonchev–Trinajstić information content (AvgIpc) is 3.41. The third-order valence-corrected chi connectivity index (χ3v) is 6.56. The zero-order valence-corrected chi connectivity index (χ0v) is 17.9. The molecule has 1 fully saturated rings. The second kappa shape index (κ2) is 8.95. The highest BCUT2D eigenvalue weighted by molar-refractivity contribution is 5.76. The van der Waals surface area contributed by atoms with Crippen molar-refractivity contribution in [2.45, 2.75) is 58.7 Å². The van der Waals surface area contributed by atoms with Crippen LogP contribution in [0.15, 0.2) is 30.6 Å². The number of nitrogens with zero attached hydrogens (tertiary/aromatic N) is 4. The van der Waals surface area contributed by atoms with Gasteiger partial charge in [0.1, 0.15) is 12.4 Å². The van der Waals surface area contributed by atoms with Gasteiger partial charge in [0.05, 0.1) is 4.92 Å². The summed E-state index contributed by atoms with van der Waals surface area (Å²) >= 11 is 0. The van der Waals surface area contributed by atoms with Crippen LogP contribution in [0.2, 0.25) is 0 Å². The van der Waals surface area contributed by atoms with Crippen molar-refractivity contribution in [3.05, 3.63) is 46.3 Å². The van der Waals surface area contributed by atoms with Gasteiger partial charge in [0.25, 0.3) is 0 Å². The smallest absolute Gasteiger partial charge is 0.306 e. The number of ether oxygens (including phenoxy) is 2. The fraction of sp³-hybridized carbons (Fsp3) is 0.545. The molecule has 0 N–H and O–H groups in total. The zero-order chi connectivity index (χ0) is 22.0. The fourth-order valence-corrected chi connectivity index (χ4v) is 4.54. The highest BCUT2D eigenvalue weighted by Gasteiger charge is 2.34. The van der Waals surface area contributed by atoms with Crippen LogP contribution < -0.4 is 9.47 Å². The molecule has 2 heterocycles. The molecule has 0 spiro atoms. The van der Waals surface area contributed by atoms with Gasteiger partial charge >= 0.3 is 5.69 Å².